The minimum absolute atomic E-state index is 0.473. The van der Waals surface area contributed by atoms with Crippen molar-refractivity contribution in [1.82, 2.24) is 5.32 Å². The van der Waals surface area contributed by atoms with Gasteiger partial charge >= 0.3 is 0 Å². The van der Waals surface area contributed by atoms with E-state index in [2.05, 4.69) is 44.8 Å². The van der Waals surface area contributed by atoms with Crippen LogP contribution in [0.3, 0.4) is 0 Å². The summed E-state index contributed by atoms with van der Waals surface area (Å²) < 4.78 is 0. The average molecular weight is 231 g/mol. The number of hydrogen-bond acceptors (Lipinski definition) is 2. The number of nitrogens with one attached hydrogen (secondary N) is 1. The summed E-state index contributed by atoms with van der Waals surface area (Å²) in [5.74, 6) is 2.61. The Balaban J connectivity index is 2.99. The first-order chi connectivity index (χ1) is 7.06. The summed E-state index contributed by atoms with van der Waals surface area (Å²) in [7, 11) is 0. The predicted octanol–water partition coefficient (Wildman–Crippen LogP) is 3.94. The third kappa shape index (κ3) is 14.3. The van der Waals surface area contributed by atoms with E-state index in [0.717, 1.165) is 0 Å². The summed E-state index contributed by atoms with van der Waals surface area (Å²) in [5, 5.41) is 3.51. The van der Waals surface area contributed by atoms with E-state index in [9.17, 15) is 0 Å². The minimum Gasteiger partial charge on any atom is -0.316 e. The summed E-state index contributed by atoms with van der Waals surface area (Å²) in [6.45, 7) is 11.5. The van der Waals surface area contributed by atoms with E-state index in [1.54, 1.807) is 0 Å². The first-order valence-electron chi connectivity index (χ1n) is 6.35. The summed E-state index contributed by atoms with van der Waals surface area (Å²) in [5.41, 5.74) is 0.473. The van der Waals surface area contributed by atoms with Crippen molar-refractivity contribution in [3.8, 4) is 0 Å². The Morgan fingerprint density at radius 1 is 1.00 bits per heavy atom. The molecule has 0 spiro atoms. The van der Waals surface area contributed by atoms with Crippen LogP contribution in [0.4, 0.5) is 0 Å². The van der Waals surface area contributed by atoms with Crippen molar-refractivity contribution in [2.45, 2.75) is 53.4 Å². The highest BCUT2D eigenvalue weighted by atomic mass is 32.2. The Kier molecular flexibility index (Phi) is 9.73. The second-order valence-electron chi connectivity index (χ2n) is 5.38. The van der Waals surface area contributed by atoms with Gasteiger partial charge in [0.15, 0.2) is 0 Å². The molecule has 15 heavy (non-hydrogen) atoms. The second-order valence-corrected chi connectivity index (χ2v) is 6.60. The minimum atomic E-state index is 0.473. The Morgan fingerprint density at radius 2 is 1.73 bits per heavy atom. The van der Waals surface area contributed by atoms with Crippen molar-refractivity contribution in [2.75, 3.05) is 24.6 Å². The zero-order chi connectivity index (χ0) is 11.6. The molecule has 0 fully saturated rings. The predicted molar refractivity (Wildman–Crippen MR) is 73.8 cm³/mol. The van der Waals surface area contributed by atoms with Gasteiger partial charge in [-0.3, -0.25) is 0 Å². The number of unbranched alkanes of at least 4 members (excludes halogenated alkanes) is 2. The zero-order valence-corrected chi connectivity index (χ0v) is 11.9. The summed E-state index contributed by atoms with van der Waals surface area (Å²) in [6.07, 6.45) is 5.39. The molecule has 0 saturated carbocycles. The van der Waals surface area contributed by atoms with Crippen LogP contribution in [-0.4, -0.2) is 24.6 Å². The van der Waals surface area contributed by atoms with Gasteiger partial charge in [0.25, 0.3) is 0 Å². The normalized spacial score (nSPS) is 12.0. The van der Waals surface area contributed by atoms with Gasteiger partial charge in [-0.15, -0.1) is 0 Å². The molecule has 92 valence electrons. The van der Waals surface area contributed by atoms with Crippen LogP contribution in [0.15, 0.2) is 0 Å². The number of thioether (sulfide) groups is 1. The van der Waals surface area contributed by atoms with Crippen LogP contribution in [0.25, 0.3) is 0 Å². The first kappa shape index (κ1) is 15.3. The van der Waals surface area contributed by atoms with Gasteiger partial charge in [0.2, 0.25) is 0 Å². The van der Waals surface area contributed by atoms with Gasteiger partial charge in [0.05, 0.1) is 0 Å². The molecule has 0 aromatic heterocycles. The molecule has 0 aromatic rings. The molecule has 0 atom stereocenters. The van der Waals surface area contributed by atoms with E-state index < -0.39 is 0 Å². The monoisotopic (exact) mass is 231 g/mol. The van der Waals surface area contributed by atoms with E-state index in [1.165, 1.54) is 50.3 Å². The van der Waals surface area contributed by atoms with Crippen molar-refractivity contribution in [3.63, 3.8) is 0 Å². The lowest BCUT2D eigenvalue weighted by molar-refractivity contribution is 0.369. The van der Waals surface area contributed by atoms with Crippen LogP contribution in [0.2, 0.25) is 0 Å². The van der Waals surface area contributed by atoms with Crippen molar-refractivity contribution < 1.29 is 0 Å². The maximum absolute atomic E-state index is 3.51. The van der Waals surface area contributed by atoms with Crippen LogP contribution in [0, 0.1) is 5.41 Å². The lowest BCUT2D eigenvalue weighted by atomic mass is 9.92. The van der Waals surface area contributed by atoms with E-state index in [1.807, 2.05) is 0 Å². The van der Waals surface area contributed by atoms with Crippen molar-refractivity contribution in [2.24, 2.45) is 5.41 Å². The van der Waals surface area contributed by atoms with Gasteiger partial charge in [-0.1, -0.05) is 40.5 Å². The largest absolute Gasteiger partial charge is 0.316 e. The van der Waals surface area contributed by atoms with Gasteiger partial charge in [0.1, 0.15) is 0 Å². The molecule has 0 amide bonds. The average Bonchev–Trinajstić information content (AvgIpc) is 2.14. The fraction of sp³-hybridized carbons (Fsp3) is 1.00. The highest BCUT2D eigenvalue weighted by Gasteiger charge is 2.08. The molecule has 0 saturated heterocycles. The smallest absolute Gasteiger partial charge is 0.00581 e. The fourth-order valence-corrected chi connectivity index (χ4v) is 2.19. The standard InChI is InChI=1S/C13H29NS/c1-5-6-7-11-15-12-10-14-9-8-13(2,3)4/h14H,5-12H2,1-4H3. The highest BCUT2D eigenvalue weighted by molar-refractivity contribution is 7.99. The lowest BCUT2D eigenvalue weighted by Gasteiger charge is -2.17. The quantitative estimate of drug-likeness (QED) is 0.603. The SMILES string of the molecule is CCCCCSCCNCCC(C)(C)C. The summed E-state index contributed by atoms with van der Waals surface area (Å²) in [4.78, 5) is 0. The van der Waals surface area contributed by atoms with E-state index in [-0.39, 0.29) is 0 Å². The molecule has 1 nitrogen and oxygen atoms in total. The van der Waals surface area contributed by atoms with E-state index in [0.29, 0.717) is 5.41 Å². The number of hydrogen-bond donors (Lipinski definition) is 1. The molecule has 1 N–H and O–H groups in total. The molecule has 0 aliphatic rings. The van der Waals surface area contributed by atoms with Crippen LogP contribution in [0.5, 0.6) is 0 Å². The zero-order valence-electron chi connectivity index (χ0n) is 11.1. The summed E-state index contributed by atoms with van der Waals surface area (Å²) >= 11 is 2.09. The van der Waals surface area contributed by atoms with E-state index >= 15 is 0 Å². The molecule has 0 heterocycles. The van der Waals surface area contributed by atoms with Gasteiger partial charge in [-0.25, -0.2) is 0 Å². The van der Waals surface area contributed by atoms with Crippen LogP contribution in [-0.2, 0) is 0 Å². The highest BCUT2D eigenvalue weighted by Crippen LogP contribution is 2.16. The van der Waals surface area contributed by atoms with Crippen LogP contribution in [0.1, 0.15) is 53.4 Å². The fourth-order valence-electron chi connectivity index (χ4n) is 1.29. The van der Waals surface area contributed by atoms with Gasteiger partial charge in [0, 0.05) is 12.3 Å². The Bertz CT molecular complexity index is 129. The van der Waals surface area contributed by atoms with Crippen molar-refractivity contribution in [3.05, 3.63) is 0 Å². The molecule has 0 aromatic carbocycles. The maximum Gasteiger partial charge on any atom is 0.00581 e. The third-order valence-corrected chi connectivity index (χ3v) is 3.44. The molecule has 0 bridgehead atoms. The van der Waals surface area contributed by atoms with Gasteiger partial charge in [-0.05, 0) is 30.6 Å². The molecule has 0 unspecified atom stereocenters. The molecule has 2 heteroatoms. The van der Waals surface area contributed by atoms with Gasteiger partial charge < -0.3 is 5.32 Å². The van der Waals surface area contributed by atoms with Gasteiger partial charge in [-0.2, -0.15) is 11.8 Å². The maximum atomic E-state index is 3.51. The molecular formula is C13H29NS. The summed E-state index contributed by atoms with van der Waals surface area (Å²) in [6, 6.07) is 0. The van der Waals surface area contributed by atoms with Crippen molar-refractivity contribution >= 4 is 11.8 Å². The molecule has 0 aliphatic carbocycles. The molecule has 0 rings (SSSR count). The number of rotatable bonds is 9. The topological polar surface area (TPSA) is 12.0 Å². The third-order valence-electron chi connectivity index (χ3n) is 2.37. The Hall–Kier alpha value is 0.310. The first-order valence-corrected chi connectivity index (χ1v) is 7.50. The van der Waals surface area contributed by atoms with Crippen LogP contribution < -0.4 is 5.32 Å². The lowest BCUT2D eigenvalue weighted by Crippen LogP contribution is -2.22. The molecule has 0 aliphatic heterocycles. The Morgan fingerprint density at radius 3 is 2.33 bits per heavy atom. The molecule has 0 radical (unpaired) electrons. The van der Waals surface area contributed by atoms with E-state index in [4.69, 9.17) is 0 Å². The molecular weight excluding hydrogens is 202 g/mol. The second kappa shape index (κ2) is 9.53. The Labute approximate surface area is 101 Å². The van der Waals surface area contributed by atoms with Crippen LogP contribution >= 0.6 is 11.8 Å². The van der Waals surface area contributed by atoms with Crippen molar-refractivity contribution in [1.29, 1.82) is 0 Å².